The highest BCUT2D eigenvalue weighted by molar-refractivity contribution is 7.88. The maximum atomic E-state index is 13.4. The summed E-state index contributed by atoms with van der Waals surface area (Å²) in [7, 11) is 2.45. The van der Waals surface area contributed by atoms with E-state index < -0.39 is 10.0 Å². The van der Waals surface area contributed by atoms with Crippen molar-refractivity contribution in [3.8, 4) is 0 Å². The average Bonchev–Trinajstić information content (AvgIpc) is 3.33. The van der Waals surface area contributed by atoms with Crippen LogP contribution in [0.25, 0.3) is 0 Å². The number of hydrogen-bond donors (Lipinski definition) is 0. The third-order valence-corrected chi connectivity index (χ3v) is 8.52. The Morgan fingerprint density at radius 2 is 1.44 bits per heavy atom. The van der Waals surface area contributed by atoms with E-state index in [9.17, 15) is 18.0 Å². The van der Waals surface area contributed by atoms with Crippen molar-refractivity contribution in [2.75, 3.05) is 71.6 Å². The Labute approximate surface area is 213 Å². The van der Waals surface area contributed by atoms with Gasteiger partial charge in [-0.15, -0.1) is 0 Å². The molecule has 2 aromatic rings. The summed E-state index contributed by atoms with van der Waals surface area (Å²) in [5.41, 5.74) is 2.71. The number of piperazine rings is 1. The van der Waals surface area contributed by atoms with Crippen LogP contribution >= 0.6 is 0 Å². The van der Waals surface area contributed by atoms with Gasteiger partial charge < -0.3 is 19.6 Å². The Morgan fingerprint density at radius 3 is 2.00 bits per heavy atom. The van der Waals surface area contributed by atoms with Crippen molar-refractivity contribution in [3.63, 3.8) is 0 Å². The smallest absolute Gasteiger partial charge is 0.320 e. The summed E-state index contributed by atoms with van der Waals surface area (Å²) in [6, 6.07) is 17.2. The average molecular weight is 514 g/mol. The highest BCUT2D eigenvalue weighted by Gasteiger charge is 2.41. The van der Waals surface area contributed by atoms with Gasteiger partial charge in [-0.25, -0.2) is 13.2 Å². The summed E-state index contributed by atoms with van der Waals surface area (Å²) in [5.74, 6) is -0.107. The molecule has 2 aromatic carbocycles. The Morgan fingerprint density at radius 1 is 0.833 bits per heavy atom. The minimum absolute atomic E-state index is 0.0255. The number of carbonyl (C=O) groups excluding carboxylic acids is 2. The molecule has 4 rings (SSSR count). The van der Waals surface area contributed by atoms with Crippen molar-refractivity contribution in [1.29, 1.82) is 0 Å². The lowest BCUT2D eigenvalue weighted by atomic mass is 9.93. The zero-order valence-corrected chi connectivity index (χ0v) is 22.2. The second-order valence-electron chi connectivity index (χ2n) is 9.78. The highest BCUT2D eigenvalue weighted by Crippen LogP contribution is 2.32. The first kappa shape index (κ1) is 26.0. The van der Waals surface area contributed by atoms with Crippen LogP contribution in [0.3, 0.4) is 0 Å². The van der Waals surface area contributed by atoms with Crippen LogP contribution in [0.1, 0.15) is 21.8 Å². The number of sulfonamides is 1. The van der Waals surface area contributed by atoms with Crippen LogP contribution in [0.5, 0.6) is 0 Å². The molecular weight excluding hydrogens is 478 g/mol. The van der Waals surface area contributed by atoms with Gasteiger partial charge in [-0.3, -0.25) is 4.79 Å². The third kappa shape index (κ3) is 5.49. The van der Waals surface area contributed by atoms with Gasteiger partial charge in [-0.2, -0.15) is 4.31 Å². The topological polar surface area (TPSA) is 84.5 Å². The molecular formula is C26H35N5O4S. The lowest BCUT2D eigenvalue weighted by Gasteiger charge is -2.35. The predicted molar refractivity (Wildman–Crippen MR) is 141 cm³/mol. The number of nitrogens with zero attached hydrogens (tertiary/aromatic N) is 5. The maximum Gasteiger partial charge on any atom is 0.320 e. The number of likely N-dealkylation sites (tertiary alicyclic amines) is 1. The number of rotatable bonds is 5. The molecule has 0 saturated carbocycles. The van der Waals surface area contributed by atoms with Crippen molar-refractivity contribution in [1.82, 2.24) is 19.0 Å². The minimum Gasteiger partial charge on any atom is -0.378 e. The van der Waals surface area contributed by atoms with Gasteiger partial charge >= 0.3 is 6.03 Å². The maximum absolute atomic E-state index is 13.4. The monoisotopic (exact) mass is 513 g/mol. The van der Waals surface area contributed by atoms with E-state index in [1.165, 1.54) is 10.6 Å². The normalized spacial score (nSPS) is 20.9. The fraction of sp³-hybridized carbons (Fsp3) is 0.462. The lowest BCUT2D eigenvalue weighted by Crippen LogP contribution is -2.53. The SMILES string of the molecule is CN(C)c1ccc(C(=O)N(C)[C@@H]2CN(C(=O)N3CCN(S(C)(=O)=O)CC3)C[C@H]2c2ccccc2)cc1. The summed E-state index contributed by atoms with van der Waals surface area (Å²) >= 11 is 0. The second-order valence-corrected chi connectivity index (χ2v) is 11.8. The van der Waals surface area contributed by atoms with Gasteiger partial charge in [-0.05, 0) is 29.8 Å². The lowest BCUT2D eigenvalue weighted by molar-refractivity contribution is 0.0723. The van der Waals surface area contributed by atoms with Crippen molar-refractivity contribution in [3.05, 3.63) is 65.7 Å². The van der Waals surface area contributed by atoms with Gasteiger partial charge in [0, 0.05) is 77.6 Å². The standard InChI is InChI=1S/C26H35N5O4S/c1-27(2)22-12-10-21(11-13-22)25(32)28(3)24-19-30(18-23(24)20-8-6-5-7-9-20)26(33)29-14-16-31(17-15-29)36(4,34)35/h5-13,23-24H,14-19H2,1-4H3/t23-,24+/m0/s1. The van der Waals surface area contributed by atoms with E-state index in [-0.39, 0.29) is 23.9 Å². The van der Waals surface area contributed by atoms with Gasteiger partial charge in [0.1, 0.15) is 0 Å². The Bertz CT molecular complexity index is 1180. The molecule has 2 heterocycles. The molecule has 10 heteroatoms. The molecule has 9 nitrogen and oxygen atoms in total. The van der Waals surface area contributed by atoms with E-state index in [1.807, 2.05) is 80.6 Å². The Balaban J connectivity index is 1.52. The molecule has 0 bridgehead atoms. The molecule has 36 heavy (non-hydrogen) atoms. The van der Waals surface area contributed by atoms with Gasteiger partial charge in [0.05, 0.1) is 12.3 Å². The fourth-order valence-electron chi connectivity index (χ4n) is 5.03. The molecule has 2 atom stereocenters. The van der Waals surface area contributed by atoms with Gasteiger partial charge in [0.25, 0.3) is 5.91 Å². The summed E-state index contributed by atoms with van der Waals surface area (Å²) < 4.78 is 25.1. The molecule has 194 valence electrons. The van der Waals surface area contributed by atoms with Crippen LogP contribution in [0, 0.1) is 0 Å². The summed E-state index contributed by atoms with van der Waals surface area (Å²) in [6.07, 6.45) is 1.20. The molecule has 0 aliphatic carbocycles. The zero-order valence-electron chi connectivity index (χ0n) is 21.4. The molecule has 0 N–H and O–H groups in total. The first-order valence-electron chi connectivity index (χ1n) is 12.1. The molecule has 3 amide bonds. The van der Waals surface area contributed by atoms with Crippen molar-refractivity contribution >= 4 is 27.6 Å². The molecule has 0 spiro atoms. The number of amides is 3. The molecule has 2 aliphatic rings. The van der Waals surface area contributed by atoms with Crippen molar-refractivity contribution in [2.24, 2.45) is 0 Å². The summed E-state index contributed by atoms with van der Waals surface area (Å²) in [6.45, 7) is 2.22. The van der Waals surface area contributed by atoms with Crippen LogP contribution in [0.2, 0.25) is 0 Å². The van der Waals surface area contributed by atoms with E-state index >= 15 is 0 Å². The van der Waals surface area contributed by atoms with E-state index in [2.05, 4.69) is 0 Å². The second kappa shape index (κ2) is 10.5. The molecule has 0 radical (unpaired) electrons. The first-order valence-corrected chi connectivity index (χ1v) is 14.0. The summed E-state index contributed by atoms with van der Waals surface area (Å²) in [5, 5.41) is 0. The van der Waals surface area contributed by atoms with Crippen LogP contribution in [0.15, 0.2) is 54.6 Å². The van der Waals surface area contributed by atoms with E-state index in [0.717, 1.165) is 11.3 Å². The van der Waals surface area contributed by atoms with E-state index in [0.29, 0.717) is 44.8 Å². The van der Waals surface area contributed by atoms with Gasteiger partial charge in [0.15, 0.2) is 0 Å². The largest absolute Gasteiger partial charge is 0.378 e. The Hall–Kier alpha value is -3.11. The van der Waals surface area contributed by atoms with Crippen LogP contribution in [-0.4, -0.2) is 112 Å². The number of hydrogen-bond acceptors (Lipinski definition) is 5. The summed E-state index contributed by atoms with van der Waals surface area (Å²) in [4.78, 5) is 34.1. The van der Waals surface area contributed by atoms with E-state index in [4.69, 9.17) is 0 Å². The number of likely N-dealkylation sites (N-methyl/N-ethyl adjacent to an activating group) is 1. The number of anilines is 1. The number of urea groups is 1. The highest BCUT2D eigenvalue weighted by atomic mass is 32.2. The molecule has 2 aliphatic heterocycles. The molecule has 2 saturated heterocycles. The van der Waals surface area contributed by atoms with Crippen LogP contribution in [-0.2, 0) is 10.0 Å². The third-order valence-electron chi connectivity index (χ3n) is 7.21. The number of benzene rings is 2. The molecule has 0 aromatic heterocycles. The van der Waals surface area contributed by atoms with Crippen LogP contribution < -0.4 is 4.90 Å². The Kier molecular flexibility index (Phi) is 7.56. The minimum atomic E-state index is -3.27. The quantitative estimate of drug-likeness (QED) is 0.611. The van der Waals surface area contributed by atoms with Gasteiger partial charge in [0.2, 0.25) is 10.0 Å². The predicted octanol–water partition coefficient (Wildman–Crippen LogP) is 1.99. The number of carbonyl (C=O) groups is 2. The molecule has 2 fully saturated rings. The van der Waals surface area contributed by atoms with Crippen molar-refractivity contribution < 1.29 is 18.0 Å². The van der Waals surface area contributed by atoms with Gasteiger partial charge in [-0.1, -0.05) is 30.3 Å². The first-order chi connectivity index (χ1) is 17.1. The van der Waals surface area contributed by atoms with E-state index in [1.54, 1.807) is 14.7 Å². The van der Waals surface area contributed by atoms with Crippen molar-refractivity contribution in [2.45, 2.75) is 12.0 Å². The fourth-order valence-corrected chi connectivity index (χ4v) is 5.86. The zero-order chi connectivity index (χ0) is 26.0. The van der Waals surface area contributed by atoms with Crippen LogP contribution in [0.4, 0.5) is 10.5 Å². The molecule has 0 unspecified atom stereocenters.